The van der Waals surface area contributed by atoms with Gasteiger partial charge < -0.3 is 14.6 Å². The Balaban J connectivity index is 1.75. The lowest BCUT2D eigenvalue weighted by molar-refractivity contribution is 0.104. The van der Waals surface area contributed by atoms with Crippen molar-refractivity contribution in [1.82, 2.24) is 0 Å². The van der Waals surface area contributed by atoms with Crippen LogP contribution in [0.1, 0.15) is 27.8 Å². The van der Waals surface area contributed by atoms with E-state index in [0.717, 1.165) is 39.3 Å². The van der Waals surface area contributed by atoms with Crippen LogP contribution in [0.25, 0.3) is 0 Å². The Morgan fingerprint density at radius 3 is 2.31 bits per heavy atom. The SMILES string of the molecule is Cc1ccccc1N1CC(COc2c(C)c(C)c(O)c(C)c2C)OC1=O. The summed E-state index contributed by atoms with van der Waals surface area (Å²) in [5, 5.41) is 10.2. The monoisotopic (exact) mass is 355 g/mol. The van der Waals surface area contributed by atoms with Gasteiger partial charge in [0.05, 0.1) is 12.2 Å². The summed E-state index contributed by atoms with van der Waals surface area (Å²) >= 11 is 0. The van der Waals surface area contributed by atoms with Gasteiger partial charge in [-0.3, -0.25) is 4.90 Å². The van der Waals surface area contributed by atoms with Crippen LogP contribution in [0.5, 0.6) is 11.5 Å². The molecule has 0 spiro atoms. The van der Waals surface area contributed by atoms with Gasteiger partial charge in [-0.05, 0) is 68.5 Å². The van der Waals surface area contributed by atoms with Gasteiger partial charge in [0.25, 0.3) is 0 Å². The summed E-state index contributed by atoms with van der Waals surface area (Å²) in [6, 6.07) is 7.75. The minimum atomic E-state index is -0.348. The second-order valence-electron chi connectivity index (χ2n) is 6.89. The summed E-state index contributed by atoms with van der Waals surface area (Å²) in [5.74, 6) is 1.06. The predicted octanol–water partition coefficient (Wildman–Crippen LogP) is 4.34. The third-order valence-corrected chi connectivity index (χ3v) is 5.21. The molecule has 138 valence electrons. The van der Waals surface area contributed by atoms with E-state index in [2.05, 4.69) is 0 Å². The number of carbonyl (C=O) groups excluding carboxylic acids is 1. The van der Waals surface area contributed by atoms with Gasteiger partial charge in [0, 0.05) is 0 Å². The number of aromatic hydroxyl groups is 1. The van der Waals surface area contributed by atoms with Crippen LogP contribution in [0.3, 0.4) is 0 Å². The number of hydrogen-bond donors (Lipinski definition) is 1. The number of aryl methyl sites for hydroxylation is 1. The number of ether oxygens (including phenoxy) is 2. The van der Waals surface area contributed by atoms with Crippen LogP contribution >= 0.6 is 0 Å². The molecule has 1 aliphatic rings. The van der Waals surface area contributed by atoms with Crippen LogP contribution in [-0.4, -0.2) is 30.5 Å². The molecular weight excluding hydrogens is 330 g/mol. The summed E-state index contributed by atoms with van der Waals surface area (Å²) in [5.41, 5.74) is 5.34. The Hall–Kier alpha value is -2.69. The molecule has 1 aliphatic heterocycles. The zero-order valence-electron chi connectivity index (χ0n) is 15.9. The smallest absolute Gasteiger partial charge is 0.414 e. The van der Waals surface area contributed by atoms with Crippen molar-refractivity contribution in [2.75, 3.05) is 18.1 Å². The van der Waals surface area contributed by atoms with Crippen LogP contribution in [0.15, 0.2) is 24.3 Å². The number of phenols is 1. The maximum absolute atomic E-state index is 12.3. The second kappa shape index (κ2) is 6.90. The number of phenolic OH excluding ortho intramolecular Hbond substituents is 1. The van der Waals surface area contributed by atoms with Crippen LogP contribution < -0.4 is 9.64 Å². The van der Waals surface area contributed by atoms with Gasteiger partial charge in [0.15, 0.2) is 6.10 Å². The maximum atomic E-state index is 12.3. The van der Waals surface area contributed by atoms with Crippen molar-refractivity contribution >= 4 is 11.8 Å². The van der Waals surface area contributed by atoms with Crippen molar-refractivity contribution in [1.29, 1.82) is 0 Å². The Morgan fingerprint density at radius 1 is 1.08 bits per heavy atom. The van der Waals surface area contributed by atoms with Crippen molar-refractivity contribution in [2.45, 2.75) is 40.7 Å². The largest absolute Gasteiger partial charge is 0.507 e. The average Bonchev–Trinajstić information content (AvgIpc) is 2.99. The van der Waals surface area contributed by atoms with Crippen molar-refractivity contribution in [3.63, 3.8) is 0 Å². The molecule has 0 aromatic heterocycles. The molecule has 1 fully saturated rings. The molecule has 0 radical (unpaired) electrons. The fourth-order valence-electron chi connectivity index (χ4n) is 3.32. The number of anilines is 1. The maximum Gasteiger partial charge on any atom is 0.414 e. The lowest BCUT2D eigenvalue weighted by atomic mass is 9.98. The Morgan fingerprint density at radius 2 is 1.69 bits per heavy atom. The average molecular weight is 355 g/mol. The lowest BCUT2D eigenvalue weighted by Crippen LogP contribution is -2.27. The van der Waals surface area contributed by atoms with E-state index in [0.29, 0.717) is 12.3 Å². The number of cyclic esters (lactones) is 1. The zero-order chi connectivity index (χ0) is 19.0. The summed E-state index contributed by atoms with van der Waals surface area (Å²) in [7, 11) is 0. The molecule has 3 rings (SSSR count). The molecule has 1 amide bonds. The molecule has 1 N–H and O–H groups in total. The number of nitrogens with zero attached hydrogens (tertiary/aromatic N) is 1. The normalized spacial score (nSPS) is 16.7. The fraction of sp³-hybridized carbons (Fsp3) is 0.381. The molecule has 2 aromatic carbocycles. The van der Waals surface area contributed by atoms with Crippen molar-refractivity contribution < 1.29 is 19.4 Å². The molecule has 0 aliphatic carbocycles. The molecule has 1 heterocycles. The van der Waals surface area contributed by atoms with E-state index in [1.165, 1.54) is 0 Å². The van der Waals surface area contributed by atoms with Crippen molar-refractivity contribution in [3.05, 3.63) is 52.1 Å². The topological polar surface area (TPSA) is 59.0 Å². The highest BCUT2D eigenvalue weighted by atomic mass is 16.6. The summed E-state index contributed by atoms with van der Waals surface area (Å²) < 4.78 is 11.5. The lowest BCUT2D eigenvalue weighted by Gasteiger charge is -2.19. The molecule has 2 aromatic rings. The number of carbonyl (C=O) groups is 1. The number of hydrogen-bond acceptors (Lipinski definition) is 4. The highest BCUT2D eigenvalue weighted by Crippen LogP contribution is 2.36. The molecule has 1 atom stereocenters. The molecule has 1 unspecified atom stereocenters. The predicted molar refractivity (Wildman–Crippen MR) is 101 cm³/mol. The summed E-state index contributed by atoms with van der Waals surface area (Å²) in [4.78, 5) is 13.9. The molecule has 0 bridgehead atoms. The van der Waals surface area contributed by atoms with Gasteiger partial charge in [0.2, 0.25) is 0 Å². The van der Waals surface area contributed by atoms with E-state index in [1.807, 2.05) is 58.9 Å². The molecule has 1 saturated heterocycles. The molecule has 26 heavy (non-hydrogen) atoms. The van der Waals surface area contributed by atoms with Crippen LogP contribution in [-0.2, 0) is 4.74 Å². The third-order valence-electron chi connectivity index (χ3n) is 5.21. The van der Waals surface area contributed by atoms with Crippen molar-refractivity contribution in [3.8, 4) is 11.5 Å². The second-order valence-corrected chi connectivity index (χ2v) is 6.89. The Bertz CT molecular complexity index is 830. The standard InChI is InChI=1S/C21H25NO4/c1-12-8-6-7-9-18(12)22-10-17(26-21(22)24)11-25-20-15(4)13(2)19(23)14(3)16(20)5/h6-9,17,23H,10-11H2,1-5H3. The first-order chi connectivity index (χ1) is 12.3. The highest BCUT2D eigenvalue weighted by Gasteiger charge is 2.33. The Kier molecular flexibility index (Phi) is 4.81. The van der Waals surface area contributed by atoms with E-state index in [1.54, 1.807) is 4.90 Å². The molecule has 5 nitrogen and oxygen atoms in total. The van der Waals surface area contributed by atoms with Gasteiger partial charge in [-0.25, -0.2) is 4.79 Å². The summed E-state index contributed by atoms with van der Waals surface area (Å²) in [6.07, 6.45) is -0.685. The molecule has 0 saturated carbocycles. The van der Waals surface area contributed by atoms with E-state index in [9.17, 15) is 9.90 Å². The quantitative estimate of drug-likeness (QED) is 0.886. The molecular formula is C21H25NO4. The number of amides is 1. The zero-order valence-corrected chi connectivity index (χ0v) is 15.9. The van der Waals surface area contributed by atoms with Gasteiger partial charge in [-0.15, -0.1) is 0 Å². The van der Waals surface area contributed by atoms with E-state index in [4.69, 9.17) is 9.47 Å². The number of para-hydroxylation sites is 1. The number of rotatable bonds is 4. The van der Waals surface area contributed by atoms with Gasteiger partial charge >= 0.3 is 6.09 Å². The Labute approximate surface area is 154 Å². The van der Waals surface area contributed by atoms with Gasteiger partial charge in [0.1, 0.15) is 18.1 Å². The van der Waals surface area contributed by atoms with Gasteiger partial charge in [-0.1, -0.05) is 18.2 Å². The van der Waals surface area contributed by atoms with Crippen LogP contribution in [0.2, 0.25) is 0 Å². The van der Waals surface area contributed by atoms with Crippen LogP contribution in [0.4, 0.5) is 10.5 Å². The first kappa shape index (κ1) is 18.1. The summed E-state index contributed by atoms with van der Waals surface area (Å²) in [6.45, 7) is 10.3. The van der Waals surface area contributed by atoms with E-state index < -0.39 is 0 Å². The minimum Gasteiger partial charge on any atom is -0.507 e. The first-order valence-electron chi connectivity index (χ1n) is 8.77. The third kappa shape index (κ3) is 3.09. The number of benzene rings is 2. The fourth-order valence-corrected chi connectivity index (χ4v) is 3.32. The minimum absolute atomic E-state index is 0.277. The molecule has 5 heteroatoms. The highest BCUT2D eigenvalue weighted by molar-refractivity contribution is 5.90. The van der Waals surface area contributed by atoms with E-state index in [-0.39, 0.29) is 18.8 Å². The van der Waals surface area contributed by atoms with Crippen LogP contribution in [0, 0.1) is 34.6 Å². The van der Waals surface area contributed by atoms with Gasteiger partial charge in [-0.2, -0.15) is 0 Å². The van der Waals surface area contributed by atoms with E-state index >= 15 is 0 Å². The first-order valence-corrected chi connectivity index (χ1v) is 8.77. The van der Waals surface area contributed by atoms with Crippen molar-refractivity contribution in [2.24, 2.45) is 0 Å².